The van der Waals surface area contributed by atoms with E-state index in [2.05, 4.69) is 5.32 Å². The van der Waals surface area contributed by atoms with Gasteiger partial charge in [-0.3, -0.25) is 4.79 Å². The largest absolute Gasteiger partial charge is 0.496 e. The Balaban J connectivity index is 1.96. The molecule has 1 aromatic heterocycles. The molecule has 1 amide bonds. The molecule has 1 heterocycles. The molecule has 0 saturated carbocycles. The fourth-order valence-corrected chi connectivity index (χ4v) is 2.52. The number of allylic oxidation sites excluding steroid dienone is 1. The molecular formula is C19H23NO4. The Morgan fingerprint density at radius 3 is 2.75 bits per heavy atom. The lowest BCUT2D eigenvalue weighted by Crippen LogP contribution is -2.32. The zero-order chi connectivity index (χ0) is 17.5. The molecule has 0 aliphatic rings. The summed E-state index contributed by atoms with van der Waals surface area (Å²) in [4.78, 5) is 12.2. The fourth-order valence-electron chi connectivity index (χ4n) is 2.52. The van der Waals surface area contributed by atoms with Crippen molar-refractivity contribution >= 4 is 11.5 Å². The van der Waals surface area contributed by atoms with Crippen LogP contribution in [0.1, 0.15) is 37.7 Å². The Morgan fingerprint density at radius 1 is 1.33 bits per heavy atom. The summed E-state index contributed by atoms with van der Waals surface area (Å²) < 4.78 is 10.5. The van der Waals surface area contributed by atoms with Gasteiger partial charge in [-0.25, -0.2) is 0 Å². The Hall–Kier alpha value is -2.53. The summed E-state index contributed by atoms with van der Waals surface area (Å²) in [7, 11) is 1.60. The van der Waals surface area contributed by atoms with Gasteiger partial charge in [0.15, 0.2) is 0 Å². The van der Waals surface area contributed by atoms with Gasteiger partial charge in [0, 0.05) is 24.1 Å². The Labute approximate surface area is 141 Å². The molecule has 0 bridgehead atoms. The highest BCUT2D eigenvalue weighted by Crippen LogP contribution is 2.25. The highest BCUT2D eigenvalue weighted by molar-refractivity contribution is 5.95. The molecule has 2 N–H and O–H groups in total. The maximum absolute atomic E-state index is 12.2. The topological polar surface area (TPSA) is 71.7 Å². The predicted octanol–water partition coefficient (Wildman–Crippen LogP) is 3.32. The lowest BCUT2D eigenvalue weighted by atomic mass is 10.1. The van der Waals surface area contributed by atoms with Gasteiger partial charge in [0.2, 0.25) is 5.91 Å². The van der Waals surface area contributed by atoms with Gasteiger partial charge >= 0.3 is 0 Å². The standard InChI is InChI=1S/C19H23NO4/c1-13(15-7-4-5-8-17(15)23-3)11-19(22)20-14(2)12-16(21)18-9-6-10-24-18/h4-11,14,16,21H,12H2,1-3H3,(H,20,22)/b13-11+. The molecule has 0 aliphatic carbocycles. The quantitative estimate of drug-likeness (QED) is 0.764. The van der Waals surface area contributed by atoms with Crippen LogP contribution < -0.4 is 10.1 Å². The van der Waals surface area contributed by atoms with E-state index in [4.69, 9.17) is 9.15 Å². The van der Waals surface area contributed by atoms with Crippen LogP contribution in [0.5, 0.6) is 5.75 Å². The number of nitrogens with one attached hydrogen (secondary N) is 1. The normalized spacial score (nSPS) is 14.1. The first kappa shape index (κ1) is 17.8. The highest BCUT2D eigenvalue weighted by atomic mass is 16.5. The van der Waals surface area contributed by atoms with Crippen LogP contribution in [-0.4, -0.2) is 24.2 Å². The third-order valence-electron chi connectivity index (χ3n) is 3.72. The summed E-state index contributed by atoms with van der Waals surface area (Å²) in [5, 5.41) is 12.9. The molecule has 0 fully saturated rings. The summed E-state index contributed by atoms with van der Waals surface area (Å²) in [6.07, 6.45) is 2.69. The number of aliphatic hydroxyl groups excluding tert-OH is 1. The number of carbonyl (C=O) groups excluding carboxylic acids is 1. The molecule has 2 unspecified atom stereocenters. The highest BCUT2D eigenvalue weighted by Gasteiger charge is 2.16. The van der Waals surface area contributed by atoms with Gasteiger partial charge < -0.3 is 19.6 Å². The van der Waals surface area contributed by atoms with E-state index in [9.17, 15) is 9.90 Å². The van der Waals surface area contributed by atoms with Crippen molar-refractivity contribution in [2.24, 2.45) is 0 Å². The zero-order valence-corrected chi connectivity index (χ0v) is 14.2. The van der Waals surface area contributed by atoms with Crippen molar-refractivity contribution in [2.45, 2.75) is 32.4 Å². The summed E-state index contributed by atoms with van der Waals surface area (Å²) >= 11 is 0. The van der Waals surface area contributed by atoms with Crippen LogP contribution in [0.4, 0.5) is 0 Å². The van der Waals surface area contributed by atoms with Gasteiger partial charge in [0.05, 0.1) is 13.4 Å². The van der Waals surface area contributed by atoms with E-state index >= 15 is 0 Å². The van der Waals surface area contributed by atoms with Crippen LogP contribution in [0.25, 0.3) is 5.57 Å². The number of amides is 1. The molecule has 2 aromatic rings. The van der Waals surface area contributed by atoms with Crippen LogP contribution in [0.15, 0.2) is 53.2 Å². The average Bonchev–Trinajstić information content (AvgIpc) is 3.08. The summed E-state index contributed by atoms with van der Waals surface area (Å²) in [6, 6.07) is 10.8. The molecule has 1 aromatic carbocycles. The van der Waals surface area contributed by atoms with Gasteiger partial charge in [-0.15, -0.1) is 0 Å². The molecular weight excluding hydrogens is 306 g/mol. The van der Waals surface area contributed by atoms with Crippen molar-refractivity contribution in [2.75, 3.05) is 7.11 Å². The Kier molecular flexibility index (Phi) is 6.21. The van der Waals surface area contributed by atoms with Crippen LogP contribution in [0, 0.1) is 0 Å². The molecule has 24 heavy (non-hydrogen) atoms. The third-order valence-corrected chi connectivity index (χ3v) is 3.72. The molecule has 5 nitrogen and oxygen atoms in total. The maximum atomic E-state index is 12.2. The maximum Gasteiger partial charge on any atom is 0.244 e. The first-order chi connectivity index (χ1) is 11.5. The number of hydrogen-bond acceptors (Lipinski definition) is 4. The number of ether oxygens (including phenoxy) is 1. The van der Waals surface area contributed by atoms with Crippen molar-refractivity contribution in [3.05, 3.63) is 60.1 Å². The minimum absolute atomic E-state index is 0.195. The molecule has 128 valence electrons. The average molecular weight is 329 g/mol. The number of methoxy groups -OCH3 is 1. The van der Waals surface area contributed by atoms with Crippen molar-refractivity contribution < 1.29 is 19.1 Å². The van der Waals surface area contributed by atoms with E-state index < -0.39 is 6.10 Å². The summed E-state index contributed by atoms with van der Waals surface area (Å²) in [6.45, 7) is 3.70. The smallest absolute Gasteiger partial charge is 0.244 e. The van der Waals surface area contributed by atoms with Crippen molar-refractivity contribution in [3.63, 3.8) is 0 Å². The number of benzene rings is 1. The molecule has 0 spiro atoms. The van der Waals surface area contributed by atoms with Gasteiger partial charge in [-0.2, -0.15) is 0 Å². The van der Waals surface area contributed by atoms with Crippen molar-refractivity contribution in [1.82, 2.24) is 5.32 Å². The molecule has 2 rings (SSSR count). The Morgan fingerprint density at radius 2 is 2.08 bits per heavy atom. The van der Waals surface area contributed by atoms with Crippen molar-refractivity contribution in [1.29, 1.82) is 0 Å². The number of hydrogen-bond donors (Lipinski definition) is 2. The monoisotopic (exact) mass is 329 g/mol. The Bertz CT molecular complexity index is 691. The van der Waals surface area contributed by atoms with E-state index in [1.165, 1.54) is 12.3 Å². The third kappa shape index (κ3) is 4.73. The first-order valence-electron chi connectivity index (χ1n) is 7.85. The molecule has 0 radical (unpaired) electrons. The number of carbonyl (C=O) groups is 1. The predicted molar refractivity (Wildman–Crippen MR) is 92.5 cm³/mol. The number of aliphatic hydroxyl groups is 1. The van der Waals surface area contributed by atoms with E-state index in [0.29, 0.717) is 12.2 Å². The minimum atomic E-state index is -0.741. The van der Waals surface area contributed by atoms with Gasteiger partial charge in [0.25, 0.3) is 0 Å². The lowest BCUT2D eigenvalue weighted by Gasteiger charge is -2.16. The number of rotatable bonds is 7. The fraction of sp³-hybridized carbons (Fsp3) is 0.316. The van der Waals surface area contributed by atoms with Crippen LogP contribution in [0.2, 0.25) is 0 Å². The minimum Gasteiger partial charge on any atom is -0.496 e. The SMILES string of the molecule is COc1ccccc1/C(C)=C/C(=O)NC(C)CC(O)c1ccco1. The van der Waals surface area contributed by atoms with Gasteiger partial charge in [0.1, 0.15) is 17.6 Å². The molecule has 5 heteroatoms. The van der Waals surface area contributed by atoms with Crippen LogP contribution >= 0.6 is 0 Å². The van der Waals surface area contributed by atoms with E-state index in [0.717, 1.165) is 16.9 Å². The van der Waals surface area contributed by atoms with Gasteiger partial charge in [-0.05, 0) is 37.6 Å². The number of furan rings is 1. The van der Waals surface area contributed by atoms with E-state index in [1.807, 2.05) is 38.1 Å². The second kappa shape index (κ2) is 8.36. The summed E-state index contributed by atoms with van der Waals surface area (Å²) in [5.41, 5.74) is 1.68. The van der Waals surface area contributed by atoms with Crippen LogP contribution in [0.3, 0.4) is 0 Å². The first-order valence-corrected chi connectivity index (χ1v) is 7.85. The number of para-hydroxylation sites is 1. The second-order valence-corrected chi connectivity index (χ2v) is 5.70. The second-order valence-electron chi connectivity index (χ2n) is 5.70. The summed E-state index contributed by atoms with van der Waals surface area (Å²) in [5.74, 6) is 1.01. The molecule has 0 aliphatic heterocycles. The lowest BCUT2D eigenvalue weighted by molar-refractivity contribution is -0.117. The molecule has 2 atom stereocenters. The van der Waals surface area contributed by atoms with Crippen LogP contribution in [-0.2, 0) is 4.79 Å². The zero-order valence-electron chi connectivity index (χ0n) is 14.2. The van der Waals surface area contributed by atoms with E-state index in [-0.39, 0.29) is 11.9 Å². The van der Waals surface area contributed by atoms with E-state index in [1.54, 1.807) is 19.2 Å². The van der Waals surface area contributed by atoms with Crippen molar-refractivity contribution in [3.8, 4) is 5.75 Å². The molecule has 0 saturated heterocycles. The van der Waals surface area contributed by atoms with Gasteiger partial charge in [-0.1, -0.05) is 18.2 Å².